The summed E-state index contributed by atoms with van der Waals surface area (Å²) in [5.41, 5.74) is -0.969. The Morgan fingerprint density at radius 2 is 1.78 bits per heavy atom. The Labute approximate surface area is 231 Å². The Morgan fingerprint density at radius 1 is 1.02 bits per heavy atom. The lowest BCUT2D eigenvalue weighted by Gasteiger charge is -2.19. The monoisotopic (exact) mass is 615 g/mol. The molecule has 0 saturated carbocycles. The number of hydrogen-bond acceptors (Lipinski definition) is 8. The van der Waals surface area contributed by atoms with Crippen LogP contribution in [-0.4, -0.2) is 50.8 Å². The topological polar surface area (TPSA) is 122 Å². The van der Waals surface area contributed by atoms with Gasteiger partial charge < -0.3 is 9.15 Å². The fourth-order valence-corrected chi connectivity index (χ4v) is 4.85. The molecule has 0 spiro atoms. The van der Waals surface area contributed by atoms with E-state index in [0.717, 1.165) is 28.9 Å². The first-order valence-electron chi connectivity index (χ1n) is 11.4. The van der Waals surface area contributed by atoms with Gasteiger partial charge in [-0.2, -0.15) is 31.7 Å². The number of benzene rings is 2. The summed E-state index contributed by atoms with van der Waals surface area (Å²) in [5, 5.41) is 4.39. The number of rotatable bonds is 7. The van der Waals surface area contributed by atoms with Crippen molar-refractivity contribution in [3.05, 3.63) is 76.4 Å². The highest BCUT2D eigenvalue weighted by atomic mass is 35.5. The highest BCUT2D eigenvalue weighted by Gasteiger charge is 2.61. The van der Waals surface area contributed by atoms with Crippen LogP contribution in [0.3, 0.4) is 0 Å². The first-order chi connectivity index (χ1) is 19.2. The van der Waals surface area contributed by atoms with E-state index in [1.165, 1.54) is 30.0 Å². The van der Waals surface area contributed by atoms with Gasteiger partial charge in [0.05, 0.1) is 16.3 Å². The number of alkyl halides is 5. The van der Waals surface area contributed by atoms with E-state index in [1.54, 1.807) is 18.2 Å². The van der Waals surface area contributed by atoms with Crippen LogP contribution in [0.5, 0.6) is 5.75 Å². The zero-order valence-electron chi connectivity index (χ0n) is 20.4. The average Bonchev–Trinajstić information content (AvgIpc) is 3.50. The number of ether oxygens (including phenoxy) is 1. The molecule has 0 radical (unpaired) electrons. The van der Waals surface area contributed by atoms with Gasteiger partial charge in [-0.3, -0.25) is 0 Å². The number of hydrogen-bond donors (Lipinski definition) is 0. The number of pyridine rings is 1. The summed E-state index contributed by atoms with van der Waals surface area (Å²) in [4.78, 5) is 21.0. The fourth-order valence-electron chi connectivity index (χ4n) is 3.66. The maximum Gasteiger partial charge on any atom is 0.499 e. The van der Waals surface area contributed by atoms with Crippen molar-refractivity contribution in [1.29, 1.82) is 0 Å². The van der Waals surface area contributed by atoms with Gasteiger partial charge in [-0.15, -0.1) is 0 Å². The van der Waals surface area contributed by atoms with Gasteiger partial charge >= 0.3 is 18.0 Å². The summed E-state index contributed by atoms with van der Waals surface area (Å²) in [5.74, 6) is -1.77. The fraction of sp³-hybridized carbons (Fsp3) is 0.167. The minimum Gasteiger partial charge on any atom is -0.435 e. The van der Waals surface area contributed by atoms with Crippen molar-refractivity contribution < 1.29 is 39.5 Å². The molecule has 10 nitrogen and oxygen atoms in total. The Hall–Kier alpha value is -4.31. The predicted octanol–water partition coefficient (Wildman–Crippen LogP) is 5.21. The zero-order valence-corrected chi connectivity index (χ0v) is 22.0. The van der Waals surface area contributed by atoms with E-state index in [0.29, 0.717) is 10.7 Å². The van der Waals surface area contributed by atoms with Crippen LogP contribution in [0.15, 0.2) is 75.0 Å². The van der Waals surface area contributed by atoms with Crippen LogP contribution in [0.1, 0.15) is 6.92 Å². The number of fused-ring (bicyclic) bond motifs is 1. The standard InChI is InChI=1S/C24H15ClF5N5O5S/c1-2-41(37,38)18-8-9-19(35-22(36)34(12-31-35)14-5-3-4-13(25)10-14)33-20(18)21-32-16-11-15(6-7-17(16)39-21)40-24(29,30)23(26,27)28/h3-12H,2H2,1H3. The molecule has 0 atom stereocenters. The third-order valence-electron chi connectivity index (χ3n) is 5.67. The van der Waals surface area contributed by atoms with Crippen LogP contribution in [0.2, 0.25) is 5.02 Å². The van der Waals surface area contributed by atoms with E-state index >= 15 is 0 Å². The van der Waals surface area contributed by atoms with Crippen LogP contribution in [0.25, 0.3) is 34.2 Å². The molecule has 3 aromatic heterocycles. The second-order valence-electron chi connectivity index (χ2n) is 8.36. The highest BCUT2D eigenvalue weighted by molar-refractivity contribution is 7.91. The molecule has 0 amide bonds. The summed E-state index contributed by atoms with van der Waals surface area (Å²) in [7, 11) is -3.95. The number of sulfone groups is 1. The summed E-state index contributed by atoms with van der Waals surface area (Å²) in [6, 6.07) is 11.3. The molecule has 0 aliphatic heterocycles. The molecule has 41 heavy (non-hydrogen) atoms. The van der Waals surface area contributed by atoms with E-state index in [2.05, 4.69) is 19.8 Å². The van der Waals surface area contributed by atoms with Gasteiger partial charge in [-0.25, -0.2) is 27.7 Å². The first-order valence-corrected chi connectivity index (χ1v) is 13.4. The minimum absolute atomic E-state index is 0.0999. The SMILES string of the molecule is CCS(=O)(=O)c1ccc(-n2ncn(-c3cccc(Cl)c3)c2=O)nc1-c1nc2cc(OC(F)(F)C(F)(F)F)ccc2o1. The molecule has 0 fully saturated rings. The summed E-state index contributed by atoms with van der Waals surface area (Å²) >= 11 is 6.00. The molecule has 0 unspecified atom stereocenters. The van der Waals surface area contributed by atoms with Crippen LogP contribution in [-0.2, 0) is 9.84 Å². The molecule has 3 heterocycles. The van der Waals surface area contributed by atoms with Crippen LogP contribution >= 0.6 is 11.6 Å². The third kappa shape index (κ3) is 5.27. The molecule has 0 aliphatic carbocycles. The van der Waals surface area contributed by atoms with E-state index in [4.69, 9.17) is 16.0 Å². The molecule has 5 rings (SSSR count). The normalized spacial score (nSPS) is 12.7. The van der Waals surface area contributed by atoms with Crippen molar-refractivity contribution in [1.82, 2.24) is 24.3 Å². The van der Waals surface area contributed by atoms with E-state index in [9.17, 15) is 35.2 Å². The van der Waals surface area contributed by atoms with Crippen LogP contribution < -0.4 is 10.4 Å². The average molecular weight is 616 g/mol. The van der Waals surface area contributed by atoms with Gasteiger partial charge in [-0.05, 0) is 42.5 Å². The second-order valence-corrected chi connectivity index (χ2v) is 11.0. The smallest absolute Gasteiger partial charge is 0.435 e. The molecule has 214 valence electrons. The van der Waals surface area contributed by atoms with E-state index < -0.39 is 39.5 Å². The van der Waals surface area contributed by atoms with Gasteiger partial charge in [0.1, 0.15) is 23.3 Å². The number of nitrogens with zero attached hydrogens (tertiary/aromatic N) is 5. The van der Waals surface area contributed by atoms with Gasteiger partial charge in [0.25, 0.3) is 0 Å². The van der Waals surface area contributed by atoms with Crippen molar-refractivity contribution in [2.45, 2.75) is 24.1 Å². The molecule has 17 heteroatoms. The summed E-state index contributed by atoms with van der Waals surface area (Å²) < 4.78 is 101. The Bertz CT molecular complexity index is 1950. The lowest BCUT2D eigenvalue weighted by atomic mass is 10.3. The van der Waals surface area contributed by atoms with Gasteiger partial charge in [0.15, 0.2) is 21.2 Å². The quantitative estimate of drug-likeness (QED) is 0.229. The Kier molecular flexibility index (Phi) is 6.85. The predicted molar refractivity (Wildman–Crippen MR) is 134 cm³/mol. The van der Waals surface area contributed by atoms with Crippen LogP contribution in [0.4, 0.5) is 22.0 Å². The maximum atomic E-state index is 13.4. The van der Waals surface area contributed by atoms with Gasteiger partial charge in [-0.1, -0.05) is 24.6 Å². The number of halogens is 6. The van der Waals surface area contributed by atoms with Crippen LogP contribution in [0, 0.1) is 0 Å². The van der Waals surface area contributed by atoms with Crippen molar-refractivity contribution in [3.63, 3.8) is 0 Å². The molecule has 2 aromatic carbocycles. The second kappa shape index (κ2) is 9.95. The van der Waals surface area contributed by atoms with Crippen molar-refractivity contribution in [3.8, 4) is 28.8 Å². The molecular weight excluding hydrogens is 601 g/mol. The molecular formula is C24H15ClF5N5O5S. The summed E-state index contributed by atoms with van der Waals surface area (Å²) in [6.45, 7) is 1.38. The minimum atomic E-state index is -5.97. The third-order valence-corrected chi connectivity index (χ3v) is 7.66. The largest absolute Gasteiger partial charge is 0.499 e. The van der Waals surface area contributed by atoms with Crippen molar-refractivity contribution in [2.24, 2.45) is 0 Å². The Morgan fingerprint density at radius 3 is 2.46 bits per heavy atom. The Balaban J connectivity index is 1.61. The van der Waals surface area contributed by atoms with E-state index in [1.807, 2.05) is 0 Å². The van der Waals surface area contributed by atoms with Crippen molar-refractivity contribution >= 4 is 32.5 Å². The lowest BCUT2D eigenvalue weighted by molar-refractivity contribution is -0.360. The molecule has 0 bridgehead atoms. The zero-order chi connectivity index (χ0) is 29.7. The molecule has 0 aliphatic rings. The van der Waals surface area contributed by atoms with Crippen molar-refractivity contribution in [2.75, 3.05) is 5.75 Å². The maximum absolute atomic E-state index is 13.4. The summed E-state index contributed by atoms with van der Waals surface area (Å²) in [6.07, 6.45) is -10.3. The van der Waals surface area contributed by atoms with Gasteiger partial charge in [0, 0.05) is 11.1 Å². The highest BCUT2D eigenvalue weighted by Crippen LogP contribution is 2.38. The number of aromatic nitrogens is 5. The van der Waals surface area contributed by atoms with Gasteiger partial charge in [0.2, 0.25) is 5.89 Å². The number of oxazole rings is 1. The lowest BCUT2D eigenvalue weighted by Crippen LogP contribution is -2.41. The molecule has 0 N–H and O–H groups in total. The van der Waals surface area contributed by atoms with E-state index in [-0.39, 0.29) is 33.3 Å². The first kappa shape index (κ1) is 28.2. The molecule has 5 aromatic rings. The molecule has 0 saturated heterocycles.